The number of amides is 2. The number of aliphatic hydroxyl groups excluding tert-OH is 1. The molecule has 138 valence electrons. The summed E-state index contributed by atoms with van der Waals surface area (Å²) in [6, 6.07) is 9.42. The van der Waals surface area contributed by atoms with Gasteiger partial charge in [-0.1, -0.05) is 37.3 Å². The van der Waals surface area contributed by atoms with Crippen LogP contribution in [-0.2, 0) is 11.4 Å². The Labute approximate surface area is 151 Å². The molecule has 2 saturated heterocycles. The summed E-state index contributed by atoms with van der Waals surface area (Å²) in [4.78, 5) is 20.3. The molecule has 8 nitrogen and oxygen atoms in total. The van der Waals surface area contributed by atoms with Gasteiger partial charge in [0.15, 0.2) is 0 Å². The van der Waals surface area contributed by atoms with Crippen LogP contribution in [0.25, 0.3) is 0 Å². The fraction of sp³-hybridized carbons (Fsp3) is 0.500. The number of hydroxylamine groups is 2. The quantitative estimate of drug-likeness (QED) is 0.851. The number of piperidine rings is 1. The maximum Gasteiger partial charge on any atom is 0.345 e. The van der Waals surface area contributed by atoms with Crippen molar-refractivity contribution in [2.24, 2.45) is 0 Å². The van der Waals surface area contributed by atoms with E-state index in [9.17, 15) is 9.90 Å². The van der Waals surface area contributed by atoms with E-state index < -0.39 is 0 Å². The lowest BCUT2D eigenvalue weighted by Gasteiger charge is -2.27. The van der Waals surface area contributed by atoms with Gasteiger partial charge in [0.2, 0.25) is 11.8 Å². The second-order valence-corrected chi connectivity index (χ2v) is 6.83. The highest BCUT2D eigenvalue weighted by molar-refractivity contribution is 5.77. The first-order chi connectivity index (χ1) is 12.7. The maximum atomic E-state index is 12.8. The van der Waals surface area contributed by atoms with E-state index in [1.54, 1.807) is 4.90 Å². The van der Waals surface area contributed by atoms with Crippen LogP contribution < -0.4 is 0 Å². The molecule has 2 aliphatic heterocycles. The number of urea groups is 1. The molecule has 2 amide bonds. The summed E-state index contributed by atoms with van der Waals surface area (Å²) < 4.78 is 5.70. The van der Waals surface area contributed by atoms with Crippen molar-refractivity contribution in [3.05, 3.63) is 47.7 Å². The number of carbonyl (C=O) groups is 1. The first kappa shape index (κ1) is 17.0. The van der Waals surface area contributed by atoms with Gasteiger partial charge >= 0.3 is 6.03 Å². The Balaban J connectivity index is 1.45. The van der Waals surface area contributed by atoms with Crippen molar-refractivity contribution in [1.82, 2.24) is 20.2 Å². The zero-order valence-corrected chi connectivity index (χ0v) is 14.6. The highest BCUT2D eigenvalue weighted by atomic mass is 16.7. The molecule has 2 bridgehead atoms. The summed E-state index contributed by atoms with van der Waals surface area (Å²) in [5, 5.41) is 18.8. The zero-order chi connectivity index (χ0) is 18.1. The van der Waals surface area contributed by atoms with Crippen LogP contribution in [-0.4, -0.2) is 50.5 Å². The van der Waals surface area contributed by atoms with Crippen molar-refractivity contribution in [2.45, 2.75) is 44.4 Å². The number of rotatable bonds is 6. The van der Waals surface area contributed by atoms with Crippen molar-refractivity contribution < 1.29 is 19.2 Å². The summed E-state index contributed by atoms with van der Waals surface area (Å²) in [6.45, 7) is 2.71. The highest BCUT2D eigenvalue weighted by Gasteiger charge is 2.47. The molecule has 0 saturated carbocycles. The summed E-state index contributed by atoms with van der Waals surface area (Å²) in [5.41, 5.74) is 1.02. The van der Waals surface area contributed by atoms with E-state index in [2.05, 4.69) is 10.2 Å². The zero-order valence-electron chi connectivity index (χ0n) is 14.6. The van der Waals surface area contributed by atoms with Crippen LogP contribution in [0.1, 0.15) is 49.1 Å². The third kappa shape index (κ3) is 3.06. The van der Waals surface area contributed by atoms with Gasteiger partial charge in [0.05, 0.1) is 18.6 Å². The number of carbonyl (C=O) groups excluding carboxylic acids is 1. The average molecular weight is 358 g/mol. The molecule has 0 aliphatic carbocycles. The molecule has 8 heteroatoms. The Bertz CT molecular complexity index is 766. The van der Waals surface area contributed by atoms with Crippen molar-refractivity contribution in [3.63, 3.8) is 0 Å². The van der Waals surface area contributed by atoms with Gasteiger partial charge in [0.1, 0.15) is 12.6 Å². The number of benzene rings is 1. The summed E-state index contributed by atoms with van der Waals surface area (Å²) in [5.74, 6) is 0.609. The standard InChI is InChI=1S/C18H22N4O4/c1-12(10-23)16-19-20-17(26-16)15-8-7-14-9-21(15)18(24)22(14)25-11-13-5-3-2-4-6-13/h2-6,12,14-15,23H,7-11H2,1H3/t12?,14-,15+/m1/s1. The van der Waals surface area contributed by atoms with E-state index in [1.165, 1.54) is 5.06 Å². The van der Waals surface area contributed by atoms with E-state index in [0.29, 0.717) is 24.9 Å². The lowest BCUT2D eigenvalue weighted by Crippen LogP contribution is -2.34. The van der Waals surface area contributed by atoms with E-state index >= 15 is 0 Å². The third-order valence-electron chi connectivity index (χ3n) is 4.97. The third-order valence-corrected chi connectivity index (χ3v) is 4.97. The topological polar surface area (TPSA) is 91.9 Å². The molecular formula is C18H22N4O4. The molecule has 1 aromatic carbocycles. The van der Waals surface area contributed by atoms with Crippen LogP contribution in [0.5, 0.6) is 0 Å². The molecule has 1 N–H and O–H groups in total. The maximum absolute atomic E-state index is 12.8. The minimum atomic E-state index is -0.240. The van der Waals surface area contributed by atoms with E-state index in [4.69, 9.17) is 9.25 Å². The average Bonchev–Trinajstić information content (AvgIpc) is 3.26. The molecule has 1 unspecified atom stereocenters. The van der Waals surface area contributed by atoms with Crippen molar-refractivity contribution in [1.29, 1.82) is 0 Å². The van der Waals surface area contributed by atoms with Crippen LogP contribution in [0, 0.1) is 0 Å². The Morgan fingerprint density at radius 3 is 2.88 bits per heavy atom. The van der Waals surface area contributed by atoms with E-state index in [0.717, 1.165) is 18.4 Å². The second-order valence-electron chi connectivity index (χ2n) is 6.83. The smallest absolute Gasteiger partial charge is 0.345 e. The van der Waals surface area contributed by atoms with Crippen molar-refractivity contribution in [3.8, 4) is 0 Å². The van der Waals surface area contributed by atoms with Crippen molar-refractivity contribution in [2.75, 3.05) is 13.2 Å². The van der Waals surface area contributed by atoms with Gasteiger partial charge in [0, 0.05) is 6.54 Å². The lowest BCUT2D eigenvalue weighted by molar-refractivity contribution is -0.140. The molecule has 0 spiro atoms. The number of nitrogens with zero attached hydrogens (tertiary/aromatic N) is 4. The van der Waals surface area contributed by atoms with Gasteiger partial charge in [-0.25, -0.2) is 4.79 Å². The van der Waals surface area contributed by atoms with E-state index in [-0.39, 0.29) is 30.6 Å². The molecule has 2 aromatic rings. The van der Waals surface area contributed by atoms with Crippen LogP contribution >= 0.6 is 0 Å². The Kier molecular flexibility index (Phi) is 4.60. The minimum Gasteiger partial charge on any atom is -0.423 e. The van der Waals surface area contributed by atoms with Gasteiger partial charge in [-0.2, -0.15) is 5.06 Å². The highest BCUT2D eigenvalue weighted by Crippen LogP contribution is 2.38. The fourth-order valence-corrected chi connectivity index (χ4v) is 3.43. The molecule has 0 radical (unpaired) electrons. The molecule has 1 aromatic heterocycles. The Morgan fingerprint density at radius 2 is 2.12 bits per heavy atom. The summed E-state index contributed by atoms with van der Waals surface area (Å²) in [7, 11) is 0. The SMILES string of the molecule is CC(CO)c1nnc([C@@H]2CC[C@@H]3CN2C(=O)N3OCc2ccccc2)o1. The number of aliphatic hydroxyl groups is 1. The number of hydrogen-bond acceptors (Lipinski definition) is 6. The molecule has 2 aliphatic rings. The number of aromatic nitrogens is 2. The summed E-state index contributed by atoms with van der Waals surface area (Å²) in [6.07, 6.45) is 1.56. The number of hydrogen-bond donors (Lipinski definition) is 1. The van der Waals surface area contributed by atoms with Gasteiger partial charge < -0.3 is 14.4 Å². The normalized spacial score (nSPS) is 23.5. The molecular weight excluding hydrogens is 336 g/mol. The van der Waals surface area contributed by atoms with Crippen LogP contribution in [0.4, 0.5) is 4.79 Å². The molecule has 2 fully saturated rings. The predicted octanol–water partition coefficient (Wildman–Crippen LogP) is 2.24. The minimum absolute atomic E-state index is 0.0428. The van der Waals surface area contributed by atoms with Gasteiger partial charge in [-0.15, -0.1) is 10.2 Å². The van der Waals surface area contributed by atoms with Gasteiger partial charge in [0.25, 0.3) is 0 Å². The summed E-state index contributed by atoms with van der Waals surface area (Å²) >= 11 is 0. The second kappa shape index (κ2) is 7.05. The predicted molar refractivity (Wildman–Crippen MR) is 90.7 cm³/mol. The molecule has 4 rings (SSSR count). The Hall–Kier alpha value is -2.45. The lowest BCUT2D eigenvalue weighted by atomic mass is 10.0. The molecule has 26 heavy (non-hydrogen) atoms. The van der Waals surface area contributed by atoms with Crippen molar-refractivity contribution >= 4 is 6.03 Å². The van der Waals surface area contributed by atoms with Crippen LogP contribution in [0.3, 0.4) is 0 Å². The monoisotopic (exact) mass is 358 g/mol. The Morgan fingerprint density at radius 1 is 1.31 bits per heavy atom. The first-order valence-electron chi connectivity index (χ1n) is 8.88. The van der Waals surface area contributed by atoms with E-state index in [1.807, 2.05) is 37.3 Å². The first-order valence-corrected chi connectivity index (χ1v) is 8.88. The molecule has 3 heterocycles. The van der Waals surface area contributed by atoms with Crippen LogP contribution in [0.15, 0.2) is 34.7 Å². The molecule has 3 atom stereocenters. The van der Waals surface area contributed by atoms with Gasteiger partial charge in [-0.3, -0.25) is 4.84 Å². The van der Waals surface area contributed by atoms with Gasteiger partial charge in [-0.05, 0) is 18.4 Å². The fourth-order valence-electron chi connectivity index (χ4n) is 3.43. The number of fused-ring (bicyclic) bond motifs is 2. The van der Waals surface area contributed by atoms with Crippen LogP contribution in [0.2, 0.25) is 0 Å². The largest absolute Gasteiger partial charge is 0.423 e.